The Balaban J connectivity index is 2.04. The zero-order valence-electron chi connectivity index (χ0n) is 15.0. The third kappa shape index (κ3) is 4.12. The summed E-state index contributed by atoms with van der Waals surface area (Å²) in [4.78, 5) is 5.08. The predicted molar refractivity (Wildman–Crippen MR) is 107 cm³/mol. The molecule has 0 radical (unpaired) electrons. The van der Waals surface area contributed by atoms with Crippen LogP contribution in [0.1, 0.15) is 42.1 Å². The molecule has 0 bridgehead atoms. The van der Waals surface area contributed by atoms with Crippen LogP contribution in [-0.2, 0) is 6.54 Å². The molecule has 26 heavy (non-hydrogen) atoms. The molecule has 0 aliphatic carbocycles. The van der Waals surface area contributed by atoms with E-state index in [9.17, 15) is 5.26 Å². The average Bonchev–Trinajstić information content (AvgIpc) is 2.92. The number of aryl methyl sites for hydroxylation is 1. The molecule has 0 amide bonds. The first-order valence-corrected chi connectivity index (χ1v) is 9.65. The van der Waals surface area contributed by atoms with E-state index in [0.29, 0.717) is 16.5 Å². The van der Waals surface area contributed by atoms with Crippen LogP contribution in [-0.4, -0.2) is 9.55 Å². The van der Waals surface area contributed by atoms with Crippen LogP contribution in [0.25, 0.3) is 0 Å². The monoisotopic (exact) mass is 381 g/mol. The maximum Gasteiger partial charge on any atom is 0.0992 e. The van der Waals surface area contributed by atoms with Crippen LogP contribution >= 0.6 is 23.4 Å². The van der Waals surface area contributed by atoms with Gasteiger partial charge in [-0.05, 0) is 60.4 Å². The highest BCUT2D eigenvalue weighted by molar-refractivity contribution is 7.99. The first kappa shape index (κ1) is 18.6. The molecule has 0 N–H and O–H groups in total. The highest BCUT2D eigenvalue weighted by Crippen LogP contribution is 2.38. The zero-order chi connectivity index (χ0) is 18.7. The van der Waals surface area contributed by atoms with Crippen LogP contribution in [0.2, 0.25) is 5.02 Å². The molecule has 5 heteroatoms. The van der Waals surface area contributed by atoms with Crippen molar-refractivity contribution in [3.63, 3.8) is 0 Å². The molecule has 0 spiro atoms. The topological polar surface area (TPSA) is 41.6 Å². The second kappa shape index (κ2) is 7.99. The summed E-state index contributed by atoms with van der Waals surface area (Å²) in [5, 5.41) is 11.0. The van der Waals surface area contributed by atoms with Gasteiger partial charge in [0.05, 0.1) is 16.7 Å². The summed E-state index contributed by atoms with van der Waals surface area (Å²) in [6.45, 7) is 7.33. The molecule has 3 nitrogen and oxygen atoms in total. The molecule has 0 unspecified atom stereocenters. The van der Waals surface area contributed by atoms with Crippen LogP contribution in [0.4, 0.5) is 0 Å². The highest BCUT2D eigenvalue weighted by Gasteiger charge is 2.17. The van der Waals surface area contributed by atoms with Gasteiger partial charge in [-0.15, -0.1) is 0 Å². The summed E-state index contributed by atoms with van der Waals surface area (Å²) in [6.07, 6.45) is 3.64. The minimum absolute atomic E-state index is 0.407. The lowest BCUT2D eigenvalue weighted by atomic mass is 10.1. The molecule has 3 aromatic rings. The van der Waals surface area contributed by atoms with Gasteiger partial charge in [0.2, 0.25) is 0 Å². The Morgan fingerprint density at radius 1 is 1.19 bits per heavy atom. The number of aromatic nitrogens is 2. The van der Waals surface area contributed by atoms with Gasteiger partial charge in [0.1, 0.15) is 0 Å². The number of hydrogen-bond donors (Lipinski definition) is 0. The number of nitriles is 1. The van der Waals surface area contributed by atoms with Gasteiger partial charge in [0, 0.05) is 34.6 Å². The fourth-order valence-electron chi connectivity index (χ4n) is 2.87. The molecule has 0 saturated carbocycles. The third-order valence-corrected chi connectivity index (χ3v) is 5.55. The molecule has 0 atom stereocenters. The van der Waals surface area contributed by atoms with E-state index < -0.39 is 0 Å². The van der Waals surface area contributed by atoms with Crippen LogP contribution in [0.15, 0.2) is 58.7 Å². The quantitative estimate of drug-likeness (QED) is 0.541. The fourth-order valence-corrected chi connectivity index (χ4v) is 4.50. The van der Waals surface area contributed by atoms with E-state index in [-0.39, 0.29) is 0 Å². The van der Waals surface area contributed by atoms with Crippen molar-refractivity contribution in [2.75, 3.05) is 0 Å². The van der Waals surface area contributed by atoms with E-state index >= 15 is 0 Å². The molecule has 0 fully saturated rings. The smallest absolute Gasteiger partial charge is 0.0992 e. The van der Waals surface area contributed by atoms with E-state index in [0.717, 1.165) is 11.4 Å². The van der Waals surface area contributed by atoms with Crippen molar-refractivity contribution >= 4 is 23.4 Å². The van der Waals surface area contributed by atoms with Gasteiger partial charge in [0.25, 0.3) is 0 Å². The van der Waals surface area contributed by atoms with Crippen molar-refractivity contribution in [2.24, 2.45) is 0 Å². The largest absolute Gasteiger partial charge is 0.335 e. The molecule has 2 heterocycles. The summed E-state index contributed by atoms with van der Waals surface area (Å²) in [5.74, 6) is 0.407. The standard InChI is InChI=1S/C21H20ClN3S/c1-14(2)20-8-15(3)25(13-16-4-6-24-7-5-16)21(20)26-19-10-17(12-23)9-18(22)11-19/h4-11,14H,13H2,1-3H3. The lowest BCUT2D eigenvalue weighted by molar-refractivity contribution is 0.689. The number of hydrogen-bond acceptors (Lipinski definition) is 3. The summed E-state index contributed by atoms with van der Waals surface area (Å²) in [6, 6.07) is 14.0. The van der Waals surface area contributed by atoms with Gasteiger partial charge in [-0.3, -0.25) is 4.98 Å². The average molecular weight is 382 g/mol. The van der Waals surface area contributed by atoms with E-state index in [1.165, 1.54) is 21.8 Å². The second-order valence-corrected chi connectivity index (χ2v) is 8.03. The van der Waals surface area contributed by atoms with E-state index in [2.05, 4.69) is 42.5 Å². The van der Waals surface area contributed by atoms with Gasteiger partial charge in [-0.2, -0.15) is 5.26 Å². The minimum Gasteiger partial charge on any atom is -0.335 e. The number of halogens is 1. The van der Waals surface area contributed by atoms with Gasteiger partial charge < -0.3 is 4.57 Å². The first-order valence-electron chi connectivity index (χ1n) is 8.45. The van der Waals surface area contributed by atoms with Crippen molar-refractivity contribution < 1.29 is 0 Å². The molecule has 1 aromatic carbocycles. The Morgan fingerprint density at radius 3 is 2.58 bits per heavy atom. The van der Waals surface area contributed by atoms with Crippen LogP contribution in [0, 0.1) is 18.3 Å². The number of pyridine rings is 1. The van der Waals surface area contributed by atoms with Crippen LogP contribution in [0.5, 0.6) is 0 Å². The number of nitrogens with zero attached hydrogens (tertiary/aromatic N) is 3. The molecular formula is C21H20ClN3S. The lowest BCUT2D eigenvalue weighted by Gasteiger charge is -2.14. The van der Waals surface area contributed by atoms with Gasteiger partial charge in [-0.1, -0.05) is 37.2 Å². The number of rotatable bonds is 5. The normalized spacial score (nSPS) is 10.9. The first-order chi connectivity index (χ1) is 12.5. The van der Waals surface area contributed by atoms with Crippen molar-refractivity contribution in [3.05, 3.63) is 76.2 Å². The summed E-state index contributed by atoms with van der Waals surface area (Å²) in [7, 11) is 0. The molecule has 0 aliphatic rings. The van der Waals surface area contributed by atoms with Crippen molar-refractivity contribution in [2.45, 2.75) is 43.2 Å². The van der Waals surface area contributed by atoms with Gasteiger partial charge in [0.15, 0.2) is 0 Å². The maximum absolute atomic E-state index is 9.22. The van der Waals surface area contributed by atoms with Crippen molar-refractivity contribution in [1.29, 1.82) is 5.26 Å². The summed E-state index contributed by atoms with van der Waals surface area (Å²) >= 11 is 7.86. The second-order valence-electron chi connectivity index (χ2n) is 6.53. The van der Waals surface area contributed by atoms with Crippen LogP contribution in [0.3, 0.4) is 0 Å². The lowest BCUT2D eigenvalue weighted by Crippen LogP contribution is -2.04. The molecular weight excluding hydrogens is 362 g/mol. The molecule has 0 saturated heterocycles. The van der Waals surface area contributed by atoms with Crippen LogP contribution < -0.4 is 0 Å². The third-order valence-electron chi connectivity index (χ3n) is 4.21. The van der Waals surface area contributed by atoms with Crippen molar-refractivity contribution in [1.82, 2.24) is 9.55 Å². The zero-order valence-corrected chi connectivity index (χ0v) is 16.6. The SMILES string of the molecule is Cc1cc(C(C)C)c(Sc2cc(Cl)cc(C#N)c2)n1Cc1ccncc1. The van der Waals surface area contributed by atoms with Gasteiger partial charge >= 0.3 is 0 Å². The predicted octanol–water partition coefficient (Wildman–Crippen LogP) is 6.04. The Kier molecular flexibility index (Phi) is 5.70. The van der Waals surface area contributed by atoms with E-state index in [1.807, 2.05) is 36.7 Å². The maximum atomic E-state index is 9.22. The van der Waals surface area contributed by atoms with E-state index in [1.54, 1.807) is 17.8 Å². The minimum atomic E-state index is 0.407. The van der Waals surface area contributed by atoms with Gasteiger partial charge in [-0.25, -0.2) is 0 Å². The Morgan fingerprint density at radius 2 is 1.92 bits per heavy atom. The Hall–Kier alpha value is -2.22. The Labute approximate surface area is 163 Å². The van der Waals surface area contributed by atoms with E-state index in [4.69, 9.17) is 11.6 Å². The summed E-state index contributed by atoms with van der Waals surface area (Å²) in [5.41, 5.74) is 4.31. The fraction of sp³-hybridized carbons (Fsp3) is 0.238. The van der Waals surface area contributed by atoms with Crippen molar-refractivity contribution in [3.8, 4) is 6.07 Å². The molecule has 0 aliphatic heterocycles. The molecule has 132 valence electrons. The molecule has 2 aromatic heterocycles. The number of benzene rings is 1. The Bertz CT molecular complexity index is 955. The summed E-state index contributed by atoms with van der Waals surface area (Å²) < 4.78 is 2.32. The molecule has 3 rings (SSSR count). The highest BCUT2D eigenvalue weighted by atomic mass is 35.5.